The van der Waals surface area contributed by atoms with Gasteiger partial charge in [0.15, 0.2) is 6.10 Å². The molecule has 0 aromatic rings. The Morgan fingerprint density at radius 1 is 0.328 bits per heavy atom. The minimum Gasteiger partial charge on any atom is -0.462 e. The van der Waals surface area contributed by atoms with Crippen molar-refractivity contribution in [1.82, 2.24) is 0 Å². The highest BCUT2D eigenvalue weighted by Crippen LogP contribution is 2.16. The number of unbranched alkanes of at least 4 members (excludes halogenated alkanes) is 34. The van der Waals surface area contributed by atoms with Crippen molar-refractivity contribution in [3.8, 4) is 0 Å². The summed E-state index contributed by atoms with van der Waals surface area (Å²) in [6.07, 6.45) is 57.3. The Kier molecular flexibility index (Phi) is 48.8. The van der Waals surface area contributed by atoms with E-state index in [1.54, 1.807) is 0 Å². The largest absolute Gasteiger partial charge is 0.462 e. The van der Waals surface area contributed by atoms with E-state index in [2.05, 4.69) is 45.1 Å². The van der Waals surface area contributed by atoms with Gasteiger partial charge in [-0.2, -0.15) is 0 Å². The molecule has 0 aliphatic heterocycles. The van der Waals surface area contributed by atoms with Gasteiger partial charge in [0.25, 0.3) is 0 Å². The number of carbonyl (C=O) groups excluding carboxylic acids is 3. The molecule has 0 radical (unpaired) electrons. The molecule has 0 aromatic heterocycles. The van der Waals surface area contributed by atoms with E-state index in [1.807, 2.05) is 0 Å². The maximum absolute atomic E-state index is 12.8. The fourth-order valence-corrected chi connectivity index (χ4v) is 7.87. The van der Waals surface area contributed by atoms with Crippen LogP contribution in [0.25, 0.3) is 0 Å². The van der Waals surface area contributed by atoms with Crippen LogP contribution in [-0.2, 0) is 28.6 Å². The number of rotatable bonds is 49. The summed E-state index contributed by atoms with van der Waals surface area (Å²) in [7, 11) is 0. The normalized spacial score (nSPS) is 12.1. The summed E-state index contributed by atoms with van der Waals surface area (Å²) < 4.78 is 16.8. The van der Waals surface area contributed by atoms with Gasteiger partial charge in [-0.25, -0.2) is 0 Å². The highest BCUT2D eigenvalue weighted by atomic mass is 16.6. The van der Waals surface area contributed by atoms with Gasteiger partial charge in [-0.15, -0.1) is 0 Å². The molecule has 6 heteroatoms. The van der Waals surface area contributed by atoms with Crippen LogP contribution in [0.2, 0.25) is 0 Å². The minimum atomic E-state index is -0.772. The second-order valence-electron chi connectivity index (χ2n) is 18.2. The molecule has 0 saturated heterocycles. The van der Waals surface area contributed by atoms with Crippen LogP contribution >= 0.6 is 0 Å². The van der Waals surface area contributed by atoms with Crippen molar-refractivity contribution in [1.29, 1.82) is 0 Å². The van der Waals surface area contributed by atoms with Crippen molar-refractivity contribution in [2.75, 3.05) is 13.2 Å². The Bertz CT molecular complexity index is 989. The molecule has 0 N–H and O–H groups in total. The number of hydrogen-bond acceptors (Lipinski definition) is 6. The zero-order valence-corrected chi connectivity index (χ0v) is 40.9. The molecule has 0 aromatic carbocycles. The maximum Gasteiger partial charge on any atom is 0.306 e. The van der Waals surface area contributed by atoms with E-state index in [1.165, 1.54) is 167 Å². The second kappa shape index (κ2) is 50.5. The molecule has 0 heterocycles. The molecular weight excluding hydrogens is 757 g/mol. The van der Waals surface area contributed by atoms with Gasteiger partial charge in [-0.3, -0.25) is 14.4 Å². The summed E-state index contributed by atoms with van der Waals surface area (Å²) in [5.74, 6) is -0.869. The Balaban J connectivity index is 4.34. The Morgan fingerprint density at radius 3 is 0.951 bits per heavy atom. The number of allylic oxidation sites excluding steroid dienone is 4. The van der Waals surface area contributed by atoms with Gasteiger partial charge in [-0.1, -0.05) is 251 Å². The number of ether oxygens (including phenoxy) is 3. The molecule has 0 amide bonds. The van der Waals surface area contributed by atoms with Gasteiger partial charge in [0, 0.05) is 19.3 Å². The van der Waals surface area contributed by atoms with E-state index in [-0.39, 0.29) is 31.1 Å². The highest BCUT2D eigenvalue weighted by Gasteiger charge is 2.19. The first-order valence-corrected chi connectivity index (χ1v) is 26.8. The minimum absolute atomic E-state index is 0.0719. The van der Waals surface area contributed by atoms with Gasteiger partial charge in [0.05, 0.1) is 0 Å². The van der Waals surface area contributed by atoms with Crippen LogP contribution in [0, 0.1) is 0 Å². The molecule has 1 atom stereocenters. The average molecular weight is 859 g/mol. The van der Waals surface area contributed by atoms with Crippen LogP contribution in [0.4, 0.5) is 0 Å². The molecule has 6 nitrogen and oxygen atoms in total. The van der Waals surface area contributed by atoms with Crippen LogP contribution in [-0.4, -0.2) is 37.2 Å². The van der Waals surface area contributed by atoms with Crippen LogP contribution in [0.5, 0.6) is 0 Å². The lowest BCUT2D eigenvalue weighted by Crippen LogP contribution is -2.30. The van der Waals surface area contributed by atoms with Gasteiger partial charge in [0.2, 0.25) is 0 Å². The molecule has 0 aliphatic rings. The number of carbonyl (C=O) groups is 3. The van der Waals surface area contributed by atoms with Gasteiger partial charge >= 0.3 is 17.9 Å². The fourth-order valence-electron chi connectivity index (χ4n) is 7.87. The molecule has 0 unspecified atom stereocenters. The first-order valence-electron chi connectivity index (χ1n) is 26.8. The van der Waals surface area contributed by atoms with Crippen molar-refractivity contribution in [2.24, 2.45) is 0 Å². The standard InChI is InChI=1S/C55H102O6/c1-4-7-10-13-16-19-22-25-27-28-31-33-36-39-42-45-48-54(57)60-51-52(50-59-53(56)47-44-41-38-35-32-29-24-21-18-15-12-9-6-3)61-55(58)49-46-43-40-37-34-30-26-23-20-17-14-11-8-5-2/h14,17,23,26,52H,4-13,15-16,18-22,24-25,27-51H2,1-3H3/b17-14-,26-23-/t52-/m1/s1. The lowest BCUT2D eigenvalue weighted by molar-refractivity contribution is -0.167. The van der Waals surface area contributed by atoms with E-state index < -0.39 is 6.10 Å². The summed E-state index contributed by atoms with van der Waals surface area (Å²) in [6, 6.07) is 0. The second-order valence-corrected chi connectivity index (χ2v) is 18.2. The number of hydrogen-bond donors (Lipinski definition) is 0. The van der Waals surface area contributed by atoms with Crippen LogP contribution in [0.15, 0.2) is 24.3 Å². The summed E-state index contributed by atoms with van der Waals surface area (Å²) >= 11 is 0. The van der Waals surface area contributed by atoms with E-state index in [4.69, 9.17) is 14.2 Å². The van der Waals surface area contributed by atoms with Crippen molar-refractivity contribution in [2.45, 2.75) is 297 Å². The Hall–Kier alpha value is -2.11. The Labute approximate surface area is 379 Å². The summed E-state index contributed by atoms with van der Waals surface area (Å²) in [4.78, 5) is 38.0. The topological polar surface area (TPSA) is 78.9 Å². The smallest absolute Gasteiger partial charge is 0.306 e. The quantitative estimate of drug-likeness (QED) is 0.0262. The van der Waals surface area contributed by atoms with Crippen LogP contribution in [0.3, 0.4) is 0 Å². The van der Waals surface area contributed by atoms with Gasteiger partial charge in [-0.05, 0) is 44.9 Å². The van der Waals surface area contributed by atoms with E-state index in [9.17, 15) is 14.4 Å². The van der Waals surface area contributed by atoms with Crippen molar-refractivity contribution in [3.63, 3.8) is 0 Å². The Morgan fingerprint density at radius 2 is 0.607 bits per heavy atom. The molecule has 0 aliphatic carbocycles. The van der Waals surface area contributed by atoms with Crippen molar-refractivity contribution >= 4 is 17.9 Å². The van der Waals surface area contributed by atoms with Crippen molar-refractivity contribution < 1.29 is 28.6 Å². The van der Waals surface area contributed by atoms with Crippen molar-refractivity contribution in [3.05, 3.63) is 24.3 Å². The third kappa shape index (κ3) is 48.8. The number of esters is 3. The van der Waals surface area contributed by atoms with E-state index in [0.717, 1.165) is 83.5 Å². The molecule has 61 heavy (non-hydrogen) atoms. The third-order valence-corrected chi connectivity index (χ3v) is 12.0. The predicted octanol–water partition coefficient (Wildman–Crippen LogP) is 17.5. The van der Waals surface area contributed by atoms with Crippen LogP contribution in [0.1, 0.15) is 290 Å². The summed E-state index contributed by atoms with van der Waals surface area (Å²) in [6.45, 7) is 6.62. The zero-order chi connectivity index (χ0) is 44.4. The molecule has 358 valence electrons. The van der Waals surface area contributed by atoms with Crippen LogP contribution < -0.4 is 0 Å². The maximum atomic E-state index is 12.8. The van der Waals surface area contributed by atoms with Gasteiger partial charge < -0.3 is 14.2 Å². The molecule has 0 saturated carbocycles. The molecular formula is C55H102O6. The average Bonchev–Trinajstić information content (AvgIpc) is 3.26. The fraction of sp³-hybridized carbons (Fsp3) is 0.873. The first-order chi connectivity index (χ1) is 30.0. The molecule has 0 rings (SSSR count). The predicted molar refractivity (Wildman–Crippen MR) is 261 cm³/mol. The summed E-state index contributed by atoms with van der Waals surface area (Å²) in [5, 5.41) is 0. The van der Waals surface area contributed by atoms with E-state index >= 15 is 0 Å². The zero-order valence-electron chi connectivity index (χ0n) is 40.9. The lowest BCUT2D eigenvalue weighted by atomic mass is 10.0. The molecule has 0 bridgehead atoms. The third-order valence-electron chi connectivity index (χ3n) is 12.0. The van der Waals surface area contributed by atoms with E-state index in [0.29, 0.717) is 19.3 Å². The summed E-state index contributed by atoms with van der Waals surface area (Å²) in [5.41, 5.74) is 0. The monoisotopic (exact) mass is 859 g/mol. The van der Waals surface area contributed by atoms with Gasteiger partial charge in [0.1, 0.15) is 13.2 Å². The molecule has 0 fully saturated rings. The lowest BCUT2D eigenvalue weighted by Gasteiger charge is -2.18. The highest BCUT2D eigenvalue weighted by molar-refractivity contribution is 5.71. The molecule has 0 spiro atoms. The SMILES string of the molecule is CCCC/C=C\C/C=C\CCCCCCCC(=O)O[C@H](COC(=O)CCCCCCCCCCCCCCC)COC(=O)CCCCCCCCCCCCCCCCCC. The first kappa shape index (κ1) is 58.9.